The molecule has 10 heteroatoms. The first-order valence-electron chi connectivity index (χ1n) is 11.8. The minimum absolute atomic E-state index is 0.00186. The molecular formula is C26H36ClFN6O2. The van der Waals surface area contributed by atoms with Gasteiger partial charge in [-0.3, -0.25) is 24.5 Å². The minimum Gasteiger partial charge on any atom is -0.300 e. The maximum atomic E-state index is 12.9. The normalized spacial score (nSPS) is 14.6. The van der Waals surface area contributed by atoms with Crippen molar-refractivity contribution in [3.05, 3.63) is 52.4 Å². The van der Waals surface area contributed by atoms with Crippen molar-refractivity contribution in [1.29, 1.82) is 5.26 Å². The van der Waals surface area contributed by atoms with Crippen LogP contribution in [0.1, 0.15) is 62.8 Å². The molecule has 3 rings (SSSR count). The molecule has 1 atom stereocenters. The van der Waals surface area contributed by atoms with Gasteiger partial charge < -0.3 is 4.79 Å². The number of hydrogen-bond acceptors (Lipinski definition) is 7. The lowest BCUT2D eigenvalue weighted by molar-refractivity contribution is -0.115. The number of rotatable bonds is 7. The Bertz CT molecular complexity index is 1020. The highest BCUT2D eigenvalue weighted by molar-refractivity contribution is 6.32. The number of halogens is 2. The average molecular weight is 519 g/mol. The first kappa shape index (κ1) is 30.9. The van der Waals surface area contributed by atoms with Gasteiger partial charge in [0.05, 0.1) is 13.4 Å². The molecule has 0 aliphatic carbocycles. The first-order valence-corrected chi connectivity index (χ1v) is 12.1. The fourth-order valence-electron chi connectivity index (χ4n) is 3.53. The zero-order chi connectivity index (χ0) is 27.3. The molecule has 0 bridgehead atoms. The summed E-state index contributed by atoms with van der Waals surface area (Å²) >= 11 is 6.24. The molecule has 1 unspecified atom stereocenters. The van der Waals surface area contributed by atoms with Crippen LogP contribution in [0.2, 0.25) is 5.02 Å². The van der Waals surface area contributed by atoms with Gasteiger partial charge in [0, 0.05) is 25.2 Å². The number of likely N-dealkylation sites (tertiary alicyclic amines) is 1. The molecular weight excluding hydrogens is 483 g/mol. The summed E-state index contributed by atoms with van der Waals surface area (Å²) in [5, 5.41) is 10.9. The van der Waals surface area contributed by atoms with Crippen LogP contribution < -0.4 is 10.4 Å². The number of carbonyl (C=O) groups excluding carboxylic acids is 2. The van der Waals surface area contributed by atoms with Crippen LogP contribution in [-0.4, -0.2) is 53.4 Å². The highest BCUT2D eigenvalue weighted by Gasteiger charge is 2.20. The van der Waals surface area contributed by atoms with Crippen molar-refractivity contribution in [3.8, 4) is 6.07 Å². The van der Waals surface area contributed by atoms with Gasteiger partial charge in [0.25, 0.3) is 5.91 Å². The van der Waals surface area contributed by atoms with Gasteiger partial charge in [-0.05, 0) is 56.3 Å². The Morgan fingerprint density at radius 3 is 2.39 bits per heavy atom. The largest absolute Gasteiger partial charge is 0.300 e. The first-order chi connectivity index (χ1) is 17.1. The number of nitrogens with zero attached hydrogens (tertiary/aromatic N) is 5. The maximum absolute atomic E-state index is 12.9. The molecule has 1 aliphatic rings. The van der Waals surface area contributed by atoms with E-state index in [-0.39, 0.29) is 28.5 Å². The summed E-state index contributed by atoms with van der Waals surface area (Å²) in [7, 11) is 0.500. The Balaban J connectivity index is 0.000000982. The number of hydrazine groups is 1. The summed E-state index contributed by atoms with van der Waals surface area (Å²) in [6.45, 7) is 13.0. The molecule has 0 radical (unpaired) electrons. The van der Waals surface area contributed by atoms with Gasteiger partial charge in [-0.2, -0.15) is 10.2 Å². The van der Waals surface area contributed by atoms with Crippen molar-refractivity contribution in [2.24, 2.45) is 11.8 Å². The second-order valence-electron chi connectivity index (χ2n) is 9.16. The number of Topliss-reactive ketones (excluding diaryl/α,β-unsaturated/α-hetero) is 1. The number of benzene rings is 1. The van der Waals surface area contributed by atoms with Crippen molar-refractivity contribution in [1.82, 2.24) is 20.3 Å². The third kappa shape index (κ3) is 10.7. The molecule has 1 aromatic carbocycles. The predicted molar refractivity (Wildman–Crippen MR) is 140 cm³/mol. The quantitative estimate of drug-likeness (QED) is 0.523. The lowest BCUT2D eigenvalue weighted by atomic mass is 10.1. The summed E-state index contributed by atoms with van der Waals surface area (Å²) in [5.74, 6) is 1.19. The van der Waals surface area contributed by atoms with E-state index in [1.807, 2.05) is 44.2 Å². The van der Waals surface area contributed by atoms with Crippen LogP contribution in [0.25, 0.3) is 0 Å². The predicted octanol–water partition coefficient (Wildman–Crippen LogP) is 4.83. The van der Waals surface area contributed by atoms with Gasteiger partial charge in [0.2, 0.25) is 5.82 Å². The molecule has 1 aliphatic heterocycles. The van der Waals surface area contributed by atoms with Crippen molar-refractivity contribution < 1.29 is 14.0 Å². The van der Waals surface area contributed by atoms with E-state index in [0.29, 0.717) is 25.1 Å². The van der Waals surface area contributed by atoms with Crippen molar-refractivity contribution in [2.45, 2.75) is 47.6 Å². The van der Waals surface area contributed by atoms with Crippen LogP contribution in [0.4, 0.5) is 10.2 Å². The number of ketones is 1. The maximum Gasteiger partial charge on any atom is 0.269 e. The molecule has 0 saturated carbocycles. The molecule has 1 amide bonds. The smallest absolute Gasteiger partial charge is 0.269 e. The zero-order valence-electron chi connectivity index (χ0n) is 21.9. The number of nitriles is 1. The summed E-state index contributed by atoms with van der Waals surface area (Å²) in [4.78, 5) is 32.8. The van der Waals surface area contributed by atoms with E-state index in [4.69, 9.17) is 16.9 Å². The highest BCUT2D eigenvalue weighted by atomic mass is 35.5. The second kappa shape index (κ2) is 15.8. The van der Waals surface area contributed by atoms with E-state index in [2.05, 4.69) is 27.2 Å². The Morgan fingerprint density at radius 2 is 1.89 bits per heavy atom. The Morgan fingerprint density at radius 1 is 1.28 bits per heavy atom. The van der Waals surface area contributed by atoms with Gasteiger partial charge in [-0.15, -0.1) is 0 Å². The van der Waals surface area contributed by atoms with Gasteiger partial charge in [-0.25, -0.2) is 4.98 Å². The van der Waals surface area contributed by atoms with Crippen LogP contribution in [0.15, 0.2) is 30.5 Å². The lowest BCUT2D eigenvalue weighted by Crippen LogP contribution is -2.45. The number of anilines is 1. The Hall–Kier alpha value is -3.09. The van der Waals surface area contributed by atoms with E-state index < -0.39 is 0 Å². The number of amides is 1. The highest BCUT2D eigenvalue weighted by Crippen LogP contribution is 2.22. The lowest BCUT2D eigenvalue weighted by Gasteiger charge is -2.26. The second-order valence-corrected chi connectivity index (χ2v) is 9.56. The molecule has 1 fully saturated rings. The summed E-state index contributed by atoms with van der Waals surface area (Å²) < 4.78 is 9.50. The van der Waals surface area contributed by atoms with E-state index in [0.717, 1.165) is 25.6 Å². The third-order valence-corrected chi connectivity index (χ3v) is 5.26. The Labute approximate surface area is 218 Å². The number of aromatic nitrogens is 2. The topological polar surface area (TPSA) is 102 Å². The Kier molecular flexibility index (Phi) is 13.6. The van der Waals surface area contributed by atoms with Crippen LogP contribution in [0, 0.1) is 23.2 Å². The molecule has 0 spiro atoms. The monoisotopic (exact) mass is 518 g/mol. The number of hydrogen-bond donors (Lipinski definition) is 1. The fraction of sp³-hybridized carbons (Fsp3) is 0.500. The standard InChI is InChI=1S/C22H27ClN6O.C3H6O.CH3F/c1-15(2)12-29(21-19(23)11-25-20(10-24)26-21)27-22(30)18-6-4-17(5-7-18)14-28-9-8-16(3)13-28;1-3(2)4;1-2/h4-7,11,15-16H,8-9,12-14H2,1-3H3,(H,27,30);1-2H3;1H3. The molecule has 1 saturated heterocycles. The molecule has 1 aromatic heterocycles. The number of alkyl halides is 1. The number of carbonyl (C=O) groups is 2. The van der Waals surface area contributed by atoms with Gasteiger partial charge in [0.1, 0.15) is 16.9 Å². The average Bonchev–Trinajstić information content (AvgIpc) is 3.24. The van der Waals surface area contributed by atoms with Crippen molar-refractivity contribution in [3.63, 3.8) is 0 Å². The SMILES string of the molecule is CC(C)=O.CC(C)CN(NC(=O)c1ccc(CN2CCC(C)C2)cc1)c1nc(C#N)ncc1Cl.CF. The number of nitrogens with one attached hydrogen (secondary N) is 1. The van der Waals surface area contributed by atoms with Crippen LogP contribution in [0.5, 0.6) is 0 Å². The van der Waals surface area contributed by atoms with Crippen LogP contribution in [0.3, 0.4) is 0 Å². The molecule has 2 heterocycles. The van der Waals surface area contributed by atoms with E-state index in [1.165, 1.54) is 32.0 Å². The van der Waals surface area contributed by atoms with Gasteiger partial charge in [0.15, 0.2) is 5.82 Å². The molecule has 36 heavy (non-hydrogen) atoms. The summed E-state index contributed by atoms with van der Waals surface area (Å²) in [5.41, 5.74) is 4.61. The van der Waals surface area contributed by atoms with E-state index >= 15 is 0 Å². The van der Waals surface area contributed by atoms with Gasteiger partial charge >= 0.3 is 0 Å². The summed E-state index contributed by atoms with van der Waals surface area (Å²) in [6, 6.07) is 9.56. The van der Waals surface area contributed by atoms with Crippen molar-refractivity contribution in [2.75, 3.05) is 31.8 Å². The van der Waals surface area contributed by atoms with Gasteiger partial charge in [-0.1, -0.05) is 44.5 Å². The van der Waals surface area contributed by atoms with E-state index in [9.17, 15) is 14.0 Å². The fourth-order valence-corrected chi connectivity index (χ4v) is 3.72. The molecule has 196 valence electrons. The van der Waals surface area contributed by atoms with Crippen LogP contribution in [-0.2, 0) is 11.3 Å². The molecule has 8 nitrogen and oxygen atoms in total. The summed E-state index contributed by atoms with van der Waals surface area (Å²) in [6.07, 6.45) is 2.61. The van der Waals surface area contributed by atoms with Crippen molar-refractivity contribution >= 4 is 29.1 Å². The zero-order valence-corrected chi connectivity index (χ0v) is 22.6. The third-order valence-electron chi connectivity index (χ3n) is 5.00. The minimum atomic E-state index is -0.259. The molecule has 1 N–H and O–H groups in total. The van der Waals surface area contributed by atoms with E-state index in [1.54, 1.807) is 5.01 Å². The molecule has 2 aromatic rings. The van der Waals surface area contributed by atoms with Crippen LogP contribution >= 0.6 is 11.6 Å².